The fraction of sp³-hybridized carbons (Fsp3) is 0.385. The number of nitrogens with zero attached hydrogens (tertiary/aromatic N) is 3. The highest BCUT2D eigenvalue weighted by molar-refractivity contribution is 7.08. The van der Waals surface area contributed by atoms with E-state index in [0.717, 1.165) is 17.1 Å². The van der Waals surface area contributed by atoms with E-state index in [9.17, 15) is 4.79 Å². The van der Waals surface area contributed by atoms with E-state index in [4.69, 9.17) is 11.6 Å². The summed E-state index contributed by atoms with van der Waals surface area (Å²) in [5, 5.41) is 7.12. The van der Waals surface area contributed by atoms with Crippen LogP contribution >= 0.6 is 23.1 Å². The molecule has 5 nitrogen and oxygen atoms in total. The van der Waals surface area contributed by atoms with Gasteiger partial charge in [-0.2, -0.15) is 0 Å². The van der Waals surface area contributed by atoms with Crippen molar-refractivity contribution in [3.63, 3.8) is 0 Å². The Morgan fingerprint density at radius 2 is 2.10 bits per heavy atom. The van der Waals surface area contributed by atoms with Crippen molar-refractivity contribution in [1.29, 1.82) is 0 Å². The molecule has 0 bridgehead atoms. The van der Waals surface area contributed by atoms with E-state index in [1.165, 1.54) is 0 Å². The van der Waals surface area contributed by atoms with Crippen LogP contribution in [-0.2, 0) is 5.41 Å². The molecule has 0 radical (unpaired) electrons. The molecule has 0 unspecified atom stereocenters. The standard InChI is InChI=1S/C13H15ClN4OS/c1-7-5-6-15-11(14)8(7)16-12(19)9-10(13(2,3)4)17-18-20-9/h5-6H,1-4H3,(H,16,19). The average molecular weight is 311 g/mol. The lowest BCUT2D eigenvalue weighted by Crippen LogP contribution is -2.20. The second-order valence-electron chi connectivity index (χ2n) is 5.45. The number of pyridine rings is 1. The smallest absolute Gasteiger partial charge is 0.269 e. The summed E-state index contributed by atoms with van der Waals surface area (Å²) >= 11 is 7.09. The van der Waals surface area contributed by atoms with Crippen molar-refractivity contribution in [3.8, 4) is 0 Å². The zero-order chi connectivity index (χ0) is 14.9. The lowest BCUT2D eigenvalue weighted by Gasteiger charge is -2.16. The van der Waals surface area contributed by atoms with Crippen molar-refractivity contribution in [2.24, 2.45) is 0 Å². The maximum Gasteiger partial charge on any atom is 0.269 e. The number of carbonyl (C=O) groups is 1. The second kappa shape index (κ2) is 5.46. The molecule has 20 heavy (non-hydrogen) atoms. The van der Waals surface area contributed by atoms with Crippen molar-refractivity contribution in [2.75, 3.05) is 5.32 Å². The van der Waals surface area contributed by atoms with Gasteiger partial charge in [0, 0.05) is 11.6 Å². The molecule has 0 spiro atoms. The van der Waals surface area contributed by atoms with Gasteiger partial charge in [0.05, 0.1) is 11.4 Å². The summed E-state index contributed by atoms with van der Waals surface area (Å²) in [4.78, 5) is 16.8. The zero-order valence-corrected chi connectivity index (χ0v) is 13.3. The normalized spacial score (nSPS) is 11.4. The number of aromatic nitrogens is 3. The third-order valence-electron chi connectivity index (χ3n) is 2.76. The highest BCUT2D eigenvalue weighted by atomic mass is 35.5. The number of hydrogen-bond donors (Lipinski definition) is 1. The summed E-state index contributed by atoms with van der Waals surface area (Å²) in [7, 11) is 0. The average Bonchev–Trinajstić information content (AvgIpc) is 2.82. The molecule has 0 saturated heterocycles. The van der Waals surface area contributed by atoms with Crippen molar-refractivity contribution in [3.05, 3.63) is 33.6 Å². The number of carbonyl (C=O) groups excluding carboxylic acids is 1. The lowest BCUT2D eigenvalue weighted by atomic mass is 9.91. The van der Waals surface area contributed by atoms with Crippen molar-refractivity contribution < 1.29 is 4.79 Å². The van der Waals surface area contributed by atoms with Crippen LogP contribution in [0.1, 0.15) is 41.7 Å². The lowest BCUT2D eigenvalue weighted by molar-refractivity contribution is 0.102. The first kappa shape index (κ1) is 14.9. The molecule has 2 heterocycles. The third kappa shape index (κ3) is 2.96. The zero-order valence-electron chi connectivity index (χ0n) is 11.7. The molecule has 2 rings (SSSR count). The highest BCUT2D eigenvalue weighted by Crippen LogP contribution is 2.28. The van der Waals surface area contributed by atoms with Crippen molar-refractivity contribution in [1.82, 2.24) is 14.6 Å². The largest absolute Gasteiger partial charge is 0.318 e. The van der Waals surface area contributed by atoms with Gasteiger partial charge >= 0.3 is 0 Å². The second-order valence-corrected chi connectivity index (χ2v) is 6.56. The van der Waals surface area contributed by atoms with E-state index in [1.807, 2.05) is 27.7 Å². The number of hydrogen-bond acceptors (Lipinski definition) is 5. The molecule has 106 valence electrons. The van der Waals surface area contributed by atoms with Gasteiger partial charge in [0.15, 0.2) is 5.15 Å². The Bertz CT molecular complexity index is 628. The Labute approximate surface area is 126 Å². The van der Waals surface area contributed by atoms with Crippen molar-refractivity contribution in [2.45, 2.75) is 33.1 Å². The van der Waals surface area contributed by atoms with Crippen LogP contribution in [0.15, 0.2) is 12.3 Å². The number of rotatable bonds is 2. The Balaban J connectivity index is 2.32. The minimum Gasteiger partial charge on any atom is -0.318 e. The van der Waals surface area contributed by atoms with Crippen LogP contribution < -0.4 is 5.32 Å². The van der Waals surface area contributed by atoms with Gasteiger partial charge in [-0.3, -0.25) is 4.79 Å². The molecule has 0 aliphatic rings. The molecule has 1 N–H and O–H groups in total. The summed E-state index contributed by atoms with van der Waals surface area (Å²) in [5.41, 5.74) is 1.81. The van der Waals surface area contributed by atoms with E-state index >= 15 is 0 Å². The number of halogens is 1. The summed E-state index contributed by atoms with van der Waals surface area (Å²) in [6.45, 7) is 7.83. The van der Waals surface area contributed by atoms with E-state index in [1.54, 1.807) is 12.3 Å². The van der Waals surface area contributed by atoms with E-state index in [2.05, 4.69) is 19.9 Å². The number of anilines is 1. The first-order valence-electron chi connectivity index (χ1n) is 6.06. The van der Waals surface area contributed by atoms with Gasteiger partial charge in [0.2, 0.25) is 0 Å². The van der Waals surface area contributed by atoms with Gasteiger partial charge in [0.1, 0.15) is 4.88 Å². The maximum absolute atomic E-state index is 12.4. The molecular formula is C13H15ClN4OS. The molecule has 2 aromatic rings. The Morgan fingerprint density at radius 1 is 1.40 bits per heavy atom. The van der Waals surface area contributed by atoms with Crippen LogP contribution in [0.4, 0.5) is 5.69 Å². The Morgan fingerprint density at radius 3 is 2.70 bits per heavy atom. The van der Waals surface area contributed by atoms with Gasteiger partial charge in [-0.15, -0.1) is 5.10 Å². The van der Waals surface area contributed by atoms with E-state index in [-0.39, 0.29) is 16.5 Å². The van der Waals surface area contributed by atoms with Crippen LogP contribution in [0, 0.1) is 6.92 Å². The molecule has 7 heteroatoms. The predicted octanol–water partition coefficient (Wildman–Crippen LogP) is 3.44. The minimum absolute atomic E-state index is 0.243. The molecule has 0 aliphatic heterocycles. The maximum atomic E-state index is 12.4. The molecule has 0 fully saturated rings. The SMILES string of the molecule is Cc1ccnc(Cl)c1NC(=O)c1snnc1C(C)(C)C. The quantitative estimate of drug-likeness (QED) is 0.863. The molecule has 1 amide bonds. The Kier molecular flexibility index (Phi) is 4.06. The van der Waals surface area contributed by atoms with Crippen LogP contribution in [0.5, 0.6) is 0 Å². The third-order valence-corrected chi connectivity index (χ3v) is 3.77. The molecule has 2 aromatic heterocycles. The minimum atomic E-state index is -0.261. The first-order chi connectivity index (χ1) is 9.30. The first-order valence-corrected chi connectivity index (χ1v) is 7.21. The number of amides is 1. The summed E-state index contributed by atoms with van der Waals surface area (Å²) in [5.74, 6) is -0.261. The number of aryl methyl sites for hydroxylation is 1. The predicted molar refractivity (Wildman–Crippen MR) is 80.5 cm³/mol. The van der Waals surface area contributed by atoms with E-state index < -0.39 is 0 Å². The summed E-state index contributed by atoms with van der Waals surface area (Å²) < 4.78 is 3.88. The number of nitrogens with one attached hydrogen (secondary N) is 1. The fourth-order valence-corrected chi connectivity index (χ4v) is 2.70. The molecule has 0 atom stereocenters. The fourth-order valence-electron chi connectivity index (χ4n) is 1.68. The Hall–Kier alpha value is -1.53. The van der Waals surface area contributed by atoms with Gasteiger partial charge in [-0.05, 0) is 30.1 Å². The monoisotopic (exact) mass is 310 g/mol. The van der Waals surface area contributed by atoms with Gasteiger partial charge in [0.25, 0.3) is 5.91 Å². The molecule has 0 aliphatic carbocycles. The van der Waals surface area contributed by atoms with Crippen LogP contribution in [-0.4, -0.2) is 20.5 Å². The van der Waals surface area contributed by atoms with Crippen LogP contribution in [0.25, 0.3) is 0 Å². The summed E-state index contributed by atoms with van der Waals surface area (Å²) in [6, 6.07) is 1.79. The van der Waals surface area contributed by atoms with Gasteiger partial charge < -0.3 is 5.32 Å². The van der Waals surface area contributed by atoms with Gasteiger partial charge in [-0.25, -0.2) is 4.98 Å². The molecular weight excluding hydrogens is 296 g/mol. The highest BCUT2D eigenvalue weighted by Gasteiger charge is 2.26. The van der Waals surface area contributed by atoms with Crippen LogP contribution in [0.2, 0.25) is 5.15 Å². The molecule has 0 saturated carbocycles. The van der Waals surface area contributed by atoms with Gasteiger partial charge in [-0.1, -0.05) is 36.9 Å². The topological polar surface area (TPSA) is 67.8 Å². The van der Waals surface area contributed by atoms with Crippen LogP contribution in [0.3, 0.4) is 0 Å². The van der Waals surface area contributed by atoms with E-state index in [0.29, 0.717) is 16.3 Å². The summed E-state index contributed by atoms with van der Waals surface area (Å²) in [6.07, 6.45) is 1.60. The molecule has 0 aromatic carbocycles. The van der Waals surface area contributed by atoms with Crippen molar-refractivity contribution >= 4 is 34.7 Å².